The zero-order chi connectivity index (χ0) is 20.5. The van der Waals surface area contributed by atoms with Crippen molar-refractivity contribution in [3.8, 4) is 17.4 Å². The molecule has 0 radical (unpaired) electrons. The molecule has 3 aromatic rings. The summed E-state index contributed by atoms with van der Waals surface area (Å²) >= 11 is 0. The number of amides is 1. The molecule has 10 heteroatoms. The fourth-order valence-corrected chi connectivity index (χ4v) is 2.89. The molecule has 0 saturated carbocycles. The normalized spacial score (nSPS) is 11.3. The van der Waals surface area contributed by atoms with E-state index < -0.39 is 38.9 Å². The Morgan fingerprint density at radius 3 is 2.50 bits per heavy atom. The number of hydrogen-bond donors (Lipinski definition) is 1. The summed E-state index contributed by atoms with van der Waals surface area (Å²) in [5, 5.41) is 0.756. The Balaban J connectivity index is 1.94. The molecular formula is C18H14F2N2O5S. The number of fused-ring (bicyclic) bond motifs is 1. The maximum absolute atomic E-state index is 14.3. The van der Waals surface area contributed by atoms with E-state index in [9.17, 15) is 22.0 Å². The van der Waals surface area contributed by atoms with E-state index in [2.05, 4.69) is 4.98 Å². The maximum Gasteiger partial charge on any atom is 0.267 e. The molecule has 1 amide bonds. The van der Waals surface area contributed by atoms with Crippen LogP contribution in [0, 0.1) is 11.6 Å². The van der Waals surface area contributed by atoms with E-state index in [0.717, 1.165) is 11.6 Å². The largest absolute Gasteiger partial charge is 0.494 e. The van der Waals surface area contributed by atoms with Crippen LogP contribution in [0.3, 0.4) is 0 Å². The molecule has 0 aliphatic rings. The van der Waals surface area contributed by atoms with Crippen molar-refractivity contribution < 1.29 is 31.5 Å². The number of sulfonamides is 1. The quantitative estimate of drug-likeness (QED) is 0.698. The molecule has 28 heavy (non-hydrogen) atoms. The van der Waals surface area contributed by atoms with Gasteiger partial charge in [0.1, 0.15) is 17.1 Å². The Morgan fingerprint density at radius 2 is 1.82 bits per heavy atom. The molecule has 0 atom stereocenters. The topological polar surface area (TPSA) is 94.6 Å². The average molecular weight is 408 g/mol. The number of rotatable bonds is 5. The summed E-state index contributed by atoms with van der Waals surface area (Å²) in [5.74, 6) is -3.59. The van der Waals surface area contributed by atoms with Gasteiger partial charge in [0.2, 0.25) is 15.9 Å². The Labute approximate surface area is 159 Å². The van der Waals surface area contributed by atoms with Crippen LogP contribution in [0.5, 0.6) is 17.4 Å². The molecule has 1 heterocycles. The first-order valence-electron chi connectivity index (χ1n) is 7.81. The first kappa shape index (κ1) is 19.5. The second kappa shape index (κ2) is 7.39. The van der Waals surface area contributed by atoms with Gasteiger partial charge in [0.05, 0.1) is 18.9 Å². The van der Waals surface area contributed by atoms with Gasteiger partial charge in [0.15, 0.2) is 11.6 Å². The molecule has 1 N–H and O–H groups in total. The Morgan fingerprint density at radius 1 is 1.07 bits per heavy atom. The zero-order valence-corrected chi connectivity index (χ0v) is 15.5. The lowest BCUT2D eigenvalue weighted by molar-refractivity contribution is 0.0977. The second-order valence-electron chi connectivity index (χ2n) is 5.75. The number of aromatic nitrogens is 1. The smallest absolute Gasteiger partial charge is 0.267 e. The van der Waals surface area contributed by atoms with Gasteiger partial charge in [-0.2, -0.15) is 0 Å². The average Bonchev–Trinajstić information content (AvgIpc) is 2.62. The van der Waals surface area contributed by atoms with Gasteiger partial charge >= 0.3 is 0 Å². The van der Waals surface area contributed by atoms with Gasteiger partial charge in [-0.1, -0.05) is 12.1 Å². The molecule has 146 valence electrons. The summed E-state index contributed by atoms with van der Waals surface area (Å²) in [5.41, 5.74) is -0.309. The molecule has 1 aromatic heterocycles. The Hall–Kier alpha value is -3.27. The highest BCUT2D eigenvalue weighted by Crippen LogP contribution is 2.30. The van der Waals surface area contributed by atoms with Crippen LogP contribution in [-0.4, -0.2) is 32.7 Å². The van der Waals surface area contributed by atoms with Crippen LogP contribution in [0.4, 0.5) is 8.78 Å². The number of para-hydroxylation sites is 1. The summed E-state index contributed by atoms with van der Waals surface area (Å²) in [6.07, 6.45) is 0.719. The van der Waals surface area contributed by atoms with Gasteiger partial charge in [-0.3, -0.25) is 4.79 Å². The Bertz CT molecular complexity index is 1180. The number of ether oxygens (including phenoxy) is 2. The lowest BCUT2D eigenvalue weighted by atomic mass is 10.2. The van der Waals surface area contributed by atoms with E-state index in [1.807, 2.05) is 0 Å². The van der Waals surface area contributed by atoms with Gasteiger partial charge in [-0.15, -0.1) is 0 Å². The van der Waals surface area contributed by atoms with Crippen molar-refractivity contribution in [2.45, 2.75) is 0 Å². The predicted molar refractivity (Wildman–Crippen MR) is 97.0 cm³/mol. The van der Waals surface area contributed by atoms with Crippen LogP contribution >= 0.6 is 0 Å². The second-order valence-corrected chi connectivity index (χ2v) is 7.50. The minimum Gasteiger partial charge on any atom is -0.494 e. The minimum atomic E-state index is -3.93. The molecule has 0 aliphatic carbocycles. The van der Waals surface area contributed by atoms with E-state index in [1.54, 1.807) is 29.0 Å². The van der Waals surface area contributed by atoms with Gasteiger partial charge in [-0.25, -0.2) is 26.9 Å². The van der Waals surface area contributed by atoms with Crippen molar-refractivity contribution in [3.63, 3.8) is 0 Å². The van der Waals surface area contributed by atoms with E-state index in [-0.39, 0.29) is 5.88 Å². The highest BCUT2D eigenvalue weighted by Gasteiger charge is 2.20. The first-order valence-corrected chi connectivity index (χ1v) is 9.70. The fraction of sp³-hybridized carbons (Fsp3) is 0.111. The summed E-state index contributed by atoms with van der Waals surface area (Å²) in [6.45, 7) is 0. The Kier molecular flexibility index (Phi) is 5.14. The monoisotopic (exact) mass is 408 g/mol. The molecular weight excluding hydrogens is 394 g/mol. The molecule has 2 aromatic carbocycles. The van der Waals surface area contributed by atoms with Crippen LogP contribution in [0.2, 0.25) is 0 Å². The number of halogens is 2. The number of hydrogen-bond acceptors (Lipinski definition) is 6. The van der Waals surface area contributed by atoms with E-state index >= 15 is 0 Å². The van der Waals surface area contributed by atoms with Crippen LogP contribution in [0.15, 0.2) is 42.5 Å². The van der Waals surface area contributed by atoms with Crippen LogP contribution in [-0.2, 0) is 10.0 Å². The van der Waals surface area contributed by atoms with Crippen molar-refractivity contribution >= 4 is 26.8 Å². The molecule has 0 spiro atoms. The molecule has 7 nitrogen and oxygen atoms in total. The van der Waals surface area contributed by atoms with Crippen LogP contribution in [0.25, 0.3) is 10.9 Å². The van der Waals surface area contributed by atoms with Crippen molar-refractivity contribution in [2.75, 3.05) is 13.4 Å². The summed E-state index contributed by atoms with van der Waals surface area (Å²) < 4.78 is 62.7. The molecule has 3 rings (SSSR count). The zero-order valence-electron chi connectivity index (χ0n) is 14.7. The minimum absolute atomic E-state index is 0.0244. The number of carbonyl (C=O) groups excluding carboxylic acids is 1. The number of nitrogens with zero attached hydrogens (tertiary/aromatic N) is 1. The van der Waals surface area contributed by atoms with Crippen molar-refractivity contribution in [1.29, 1.82) is 0 Å². The molecule has 0 fully saturated rings. The molecule has 0 bridgehead atoms. The van der Waals surface area contributed by atoms with Crippen LogP contribution in [0.1, 0.15) is 10.4 Å². The van der Waals surface area contributed by atoms with Crippen LogP contribution < -0.4 is 14.2 Å². The molecule has 0 saturated heterocycles. The highest BCUT2D eigenvalue weighted by atomic mass is 32.2. The number of benzene rings is 2. The van der Waals surface area contributed by atoms with Gasteiger partial charge < -0.3 is 9.47 Å². The molecule has 0 aliphatic heterocycles. The number of pyridine rings is 1. The van der Waals surface area contributed by atoms with E-state index in [0.29, 0.717) is 23.4 Å². The third-order valence-corrected chi connectivity index (χ3v) is 4.19. The van der Waals surface area contributed by atoms with Gasteiger partial charge in [0.25, 0.3) is 5.91 Å². The van der Waals surface area contributed by atoms with Crippen molar-refractivity contribution in [1.82, 2.24) is 9.71 Å². The SMILES string of the molecule is COc1cccc2ccc(Oc3cc(F)c(C(=O)NS(C)(=O)=O)cc3F)nc12. The fourth-order valence-electron chi connectivity index (χ4n) is 2.44. The summed E-state index contributed by atoms with van der Waals surface area (Å²) in [4.78, 5) is 16.0. The van der Waals surface area contributed by atoms with Crippen molar-refractivity contribution in [3.05, 3.63) is 59.7 Å². The first-order chi connectivity index (χ1) is 13.2. The lowest BCUT2D eigenvalue weighted by Gasteiger charge is -2.10. The number of carbonyl (C=O) groups is 1. The standard InChI is InChI=1S/C18H14F2N2O5S/c1-26-14-5-3-4-10-6-7-16(21-17(10)14)27-15-9-12(19)11(8-13(15)20)18(23)22-28(2,24)25/h3-9H,1-2H3,(H,22,23). The summed E-state index contributed by atoms with van der Waals surface area (Å²) in [6, 6.07) is 9.58. The lowest BCUT2D eigenvalue weighted by Crippen LogP contribution is -2.30. The summed E-state index contributed by atoms with van der Waals surface area (Å²) in [7, 11) is -2.46. The van der Waals surface area contributed by atoms with E-state index in [4.69, 9.17) is 9.47 Å². The highest BCUT2D eigenvalue weighted by molar-refractivity contribution is 7.89. The third kappa shape index (κ3) is 4.17. The van der Waals surface area contributed by atoms with Crippen molar-refractivity contribution in [2.24, 2.45) is 0 Å². The van der Waals surface area contributed by atoms with E-state index in [1.165, 1.54) is 13.2 Å². The maximum atomic E-state index is 14.3. The van der Waals surface area contributed by atoms with Gasteiger partial charge in [0, 0.05) is 17.5 Å². The predicted octanol–water partition coefficient (Wildman–Crippen LogP) is 3.00. The molecule has 0 unspecified atom stereocenters. The number of nitrogens with one attached hydrogen (secondary N) is 1. The van der Waals surface area contributed by atoms with Gasteiger partial charge in [-0.05, 0) is 18.2 Å². The number of methoxy groups -OCH3 is 1. The third-order valence-electron chi connectivity index (χ3n) is 3.64.